The Balaban J connectivity index is 1.75. The van der Waals surface area contributed by atoms with E-state index >= 15 is 0 Å². The van der Waals surface area contributed by atoms with Crippen molar-refractivity contribution in [2.24, 2.45) is 7.05 Å². The van der Waals surface area contributed by atoms with Gasteiger partial charge in [-0.15, -0.1) is 0 Å². The Morgan fingerprint density at radius 1 is 1.29 bits per heavy atom. The first kappa shape index (κ1) is 19.0. The summed E-state index contributed by atoms with van der Waals surface area (Å²) in [6.45, 7) is 1.25. The van der Waals surface area contributed by atoms with Crippen LogP contribution in [-0.4, -0.2) is 32.0 Å². The summed E-state index contributed by atoms with van der Waals surface area (Å²) in [7, 11) is 1.84. The number of hydrogen-bond acceptors (Lipinski definition) is 6. The summed E-state index contributed by atoms with van der Waals surface area (Å²) < 4.78 is 7.17. The summed E-state index contributed by atoms with van der Waals surface area (Å²) in [5, 5.41) is 14.0. The average molecular weight is 381 g/mol. The smallest absolute Gasteiger partial charge is 0.406 e. The number of nitrogens with one attached hydrogen (secondary N) is 1. The van der Waals surface area contributed by atoms with Crippen LogP contribution in [0.2, 0.25) is 0 Å². The third-order valence-electron chi connectivity index (χ3n) is 4.07. The molecule has 2 aromatic heterocycles. The zero-order valence-electron chi connectivity index (χ0n) is 15.4. The van der Waals surface area contributed by atoms with Gasteiger partial charge in [0, 0.05) is 26.4 Å². The molecule has 1 amide bonds. The third kappa shape index (κ3) is 4.32. The number of carbonyl (C=O) groups excluding carboxylic acids is 1. The molecule has 0 bridgehead atoms. The number of benzene rings is 1. The molecule has 9 nitrogen and oxygen atoms in total. The van der Waals surface area contributed by atoms with Crippen molar-refractivity contribution in [3.63, 3.8) is 0 Å². The van der Waals surface area contributed by atoms with E-state index in [1.54, 1.807) is 25.4 Å². The molecule has 0 saturated carbocycles. The SMILES string of the molecule is Cc1ccc(OCC(=O)NC(c2ccccc2)c2nccn2C)c([N+](=O)[O-])n1. The maximum atomic E-state index is 12.5. The fraction of sp³-hybridized carbons (Fsp3) is 0.211. The summed E-state index contributed by atoms with van der Waals surface area (Å²) in [4.78, 5) is 31.1. The van der Waals surface area contributed by atoms with Gasteiger partial charge in [-0.2, -0.15) is 0 Å². The number of carbonyl (C=O) groups is 1. The molecule has 0 fully saturated rings. The van der Waals surface area contributed by atoms with E-state index in [-0.39, 0.29) is 12.4 Å². The molecule has 28 heavy (non-hydrogen) atoms. The molecular weight excluding hydrogens is 362 g/mol. The highest BCUT2D eigenvalue weighted by molar-refractivity contribution is 5.78. The maximum Gasteiger partial charge on any atom is 0.406 e. The van der Waals surface area contributed by atoms with E-state index in [4.69, 9.17) is 4.74 Å². The van der Waals surface area contributed by atoms with Crippen molar-refractivity contribution in [1.29, 1.82) is 0 Å². The van der Waals surface area contributed by atoms with Crippen LogP contribution in [0, 0.1) is 17.0 Å². The van der Waals surface area contributed by atoms with Crippen molar-refractivity contribution in [3.8, 4) is 5.75 Å². The summed E-state index contributed by atoms with van der Waals surface area (Å²) in [6.07, 6.45) is 3.44. The number of aryl methyl sites for hydroxylation is 2. The van der Waals surface area contributed by atoms with Crippen molar-refractivity contribution in [2.45, 2.75) is 13.0 Å². The van der Waals surface area contributed by atoms with E-state index in [2.05, 4.69) is 15.3 Å². The molecule has 2 heterocycles. The van der Waals surface area contributed by atoms with Gasteiger partial charge < -0.3 is 24.7 Å². The first-order valence-corrected chi connectivity index (χ1v) is 8.52. The standard InChI is InChI=1S/C19H19N5O4/c1-13-8-9-15(18(21-13)24(26)27)28-12-16(25)22-17(14-6-4-3-5-7-14)19-20-10-11-23(19)2/h3-11,17H,12H2,1-2H3,(H,22,25). The second-order valence-electron chi connectivity index (χ2n) is 6.13. The van der Waals surface area contributed by atoms with Gasteiger partial charge in [0.05, 0.1) is 0 Å². The van der Waals surface area contributed by atoms with Crippen molar-refractivity contribution in [2.75, 3.05) is 6.61 Å². The fourth-order valence-electron chi connectivity index (χ4n) is 2.72. The van der Waals surface area contributed by atoms with Crippen molar-refractivity contribution >= 4 is 11.7 Å². The minimum atomic E-state index is -0.638. The van der Waals surface area contributed by atoms with Crippen LogP contribution in [0.1, 0.15) is 23.1 Å². The van der Waals surface area contributed by atoms with Gasteiger partial charge in [0.25, 0.3) is 5.91 Å². The largest absolute Gasteiger partial charge is 0.476 e. The highest BCUT2D eigenvalue weighted by Gasteiger charge is 2.22. The molecule has 1 N–H and O–H groups in total. The molecular formula is C19H19N5O4. The van der Waals surface area contributed by atoms with E-state index in [0.29, 0.717) is 11.5 Å². The molecule has 1 aromatic carbocycles. The molecule has 0 aliphatic rings. The highest BCUT2D eigenvalue weighted by atomic mass is 16.6. The number of imidazole rings is 1. The van der Waals surface area contributed by atoms with Gasteiger partial charge in [0.2, 0.25) is 5.75 Å². The molecule has 0 aliphatic heterocycles. The number of aromatic nitrogens is 3. The molecule has 3 aromatic rings. The Morgan fingerprint density at radius 2 is 2.04 bits per heavy atom. The molecule has 0 radical (unpaired) electrons. The monoisotopic (exact) mass is 381 g/mol. The molecule has 3 rings (SSSR count). The van der Waals surface area contributed by atoms with Crippen LogP contribution in [0.5, 0.6) is 5.75 Å². The first-order valence-electron chi connectivity index (χ1n) is 8.52. The second kappa shape index (κ2) is 8.30. The summed E-state index contributed by atoms with van der Waals surface area (Å²) in [5.74, 6) is -0.259. The molecule has 0 aliphatic carbocycles. The van der Waals surface area contributed by atoms with Gasteiger partial charge in [0.15, 0.2) is 6.61 Å². The molecule has 0 spiro atoms. The maximum absolute atomic E-state index is 12.5. The normalized spacial score (nSPS) is 11.6. The van der Waals surface area contributed by atoms with E-state index in [9.17, 15) is 14.9 Å². The lowest BCUT2D eigenvalue weighted by atomic mass is 10.1. The molecule has 1 unspecified atom stereocenters. The van der Waals surface area contributed by atoms with Crippen LogP contribution >= 0.6 is 0 Å². The highest BCUT2D eigenvalue weighted by Crippen LogP contribution is 2.24. The molecule has 9 heteroatoms. The number of nitrogens with zero attached hydrogens (tertiary/aromatic N) is 4. The number of rotatable bonds is 7. The molecule has 0 saturated heterocycles. The van der Waals surface area contributed by atoms with E-state index in [0.717, 1.165) is 5.56 Å². The van der Waals surface area contributed by atoms with E-state index in [1.807, 2.05) is 41.9 Å². The minimum absolute atomic E-state index is 0.0565. The quantitative estimate of drug-likeness (QED) is 0.496. The lowest BCUT2D eigenvalue weighted by Gasteiger charge is -2.19. The van der Waals surface area contributed by atoms with Crippen molar-refractivity contribution in [1.82, 2.24) is 19.9 Å². The predicted octanol–water partition coefficient (Wildman–Crippen LogP) is 2.32. The fourth-order valence-corrected chi connectivity index (χ4v) is 2.72. The number of ether oxygens (including phenoxy) is 1. The van der Waals surface area contributed by atoms with Crippen LogP contribution in [0.15, 0.2) is 54.9 Å². The van der Waals surface area contributed by atoms with Crippen LogP contribution < -0.4 is 10.1 Å². The van der Waals surface area contributed by atoms with Crippen molar-refractivity contribution in [3.05, 3.63) is 82.1 Å². The number of amides is 1. The van der Waals surface area contributed by atoms with Crippen LogP contribution in [0.4, 0.5) is 5.82 Å². The van der Waals surface area contributed by atoms with Crippen LogP contribution in [-0.2, 0) is 11.8 Å². The Bertz CT molecular complexity index is 987. The van der Waals surface area contributed by atoms with E-state index in [1.165, 1.54) is 6.07 Å². The van der Waals surface area contributed by atoms with Gasteiger partial charge in [-0.3, -0.25) is 4.79 Å². The summed E-state index contributed by atoms with van der Waals surface area (Å²) >= 11 is 0. The van der Waals surface area contributed by atoms with Crippen LogP contribution in [0.25, 0.3) is 0 Å². The van der Waals surface area contributed by atoms with Gasteiger partial charge in [0.1, 0.15) is 17.6 Å². The van der Waals surface area contributed by atoms with Gasteiger partial charge >= 0.3 is 5.82 Å². The number of pyridine rings is 1. The Hall–Kier alpha value is -3.75. The van der Waals surface area contributed by atoms with Gasteiger partial charge in [-0.05, 0) is 27.6 Å². The predicted molar refractivity (Wildman–Crippen MR) is 101 cm³/mol. The third-order valence-corrected chi connectivity index (χ3v) is 4.07. The van der Waals surface area contributed by atoms with Crippen LogP contribution in [0.3, 0.4) is 0 Å². The number of hydrogen-bond donors (Lipinski definition) is 1. The van der Waals surface area contributed by atoms with Gasteiger partial charge in [-0.1, -0.05) is 30.3 Å². The zero-order chi connectivity index (χ0) is 20.1. The lowest BCUT2D eigenvalue weighted by molar-refractivity contribution is -0.390. The zero-order valence-corrected chi connectivity index (χ0v) is 15.4. The number of nitro groups is 1. The van der Waals surface area contributed by atoms with Gasteiger partial charge in [-0.25, -0.2) is 4.98 Å². The minimum Gasteiger partial charge on any atom is -0.476 e. The Morgan fingerprint density at radius 3 is 2.68 bits per heavy atom. The lowest BCUT2D eigenvalue weighted by Crippen LogP contribution is -2.34. The van der Waals surface area contributed by atoms with Crippen molar-refractivity contribution < 1.29 is 14.5 Å². The Labute approximate surface area is 161 Å². The van der Waals surface area contributed by atoms with E-state index < -0.39 is 22.7 Å². The summed E-state index contributed by atoms with van der Waals surface area (Å²) in [6, 6.07) is 11.9. The summed E-state index contributed by atoms with van der Waals surface area (Å²) in [5.41, 5.74) is 1.34. The topological polar surface area (TPSA) is 112 Å². The Kier molecular flexibility index (Phi) is 5.64. The first-order chi connectivity index (χ1) is 13.5. The average Bonchev–Trinajstić information content (AvgIpc) is 3.11. The molecule has 1 atom stereocenters. The molecule has 144 valence electrons. The second-order valence-corrected chi connectivity index (χ2v) is 6.13.